The number of aromatic nitrogens is 4. The van der Waals surface area contributed by atoms with E-state index in [0.29, 0.717) is 23.2 Å². The molecule has 0 saturated carbocycles. The molecule has 0 aliphatic heterocycles. The number of nitrogens with one attached hydrogen (secondary N) is 2. The van der Waals surface area contributed by atoms with Crippen LogP contribution in [0.2, 0.25) is 0 Å². The Kier molecular flexibility index (Phi) is 6.81. The predicted molar refractivity (Wildman–Crippen MR) is 183 cm³/mol. The number of benzene rings is 5. The summed E-state index contributed by atoms with van der Waals surface area (Å²) in [4.78, 5) is 18.7. The fourth-order valence-corrected chi connectivity index (χ4v) is 5.57. The van der Waals surface area contributed by atoms with E-state index < -0.39 is 0 Å². The average molecular weight is 595 g/mol. The Morgan fingerprint density at radius 1 is 0.543 bits per heavy atom. The van der Waals surface area contributed by atoms with Crippen LogP contribution in [0.15, 0.2) is 150 Å². The third-order valence-electron chi connectivity index (χ3n) is 7.87. The van der Waals surface area contributed by atoms with Crippen LogP contribution in [0.3, 0.4) is 0 Å². The Labute approximate surface area is 264 Å². The Morgan fingerprint density at radius 3 is 1.78 bits per heavy atom. The summed E-state index contributed by atoms with van der Waals surface area (Å²) in [6, 6.07) is 43.4. The smallest absolute Gasteiger partial charge is 0.164 e. The molecule has 3 heterocycles. The highest BCUT2D eigenvalue weighted by atomic mass is 16.3. The summed E-state index contributed by atoms with van der Waals surface area (Å²) in [5.74, 6) is 1.79. The number of anilines is 2. The molecule has 46 heavy (non-hydrogen) atoms. The molecule has 8 rings (SSSR count). The van der Waals surface area contributed by atoms with Gasteiger partial charge in [-0.1, -0.05) is 78.9 Å². The summed E-state index contributed by atoms with van der Waals surface area (Å²) in [5.41, 5.74) is 7.91. The fraction of sp³-hybridized carbons (Fsp3) is 0. The highest BCUT2D eigenvalue weighted by molar-refractivity contribution is 6.17. The van der Waals surface area contributed by atoms with E-state index >= 15 is 0 Å². The van der Waals surface area contributed by atoms with Crippen molar-refractivity contribution in [2.75, 3.05) is 5.32 Å². The highest BCUT2D eigenvalue weighted by Gasteiger charge is 2.16. The largest absolute Gasteiger partial charge is 0.456 e. The average Bonchev–Trinajstić information content (AvgIpc) is 3.50. The molecule has 0 fully saturated rings. The van der Waals surface area contributed by atoms with Crippen molar-refractivity contribution in [1.29, 1.82) is 5.41 Å². The molecule has 0 aliphatic carbocycles. The van der Waals surface area contributed by atoms with E-state index in [1.165, 1.54) is 0 Å². The van der Waals surface area contributed by atoms with Crippen molar-refractivity contribution in [3.8, 4) is 34.2 Å². The number of nitrogens with zero attached hydrogens (tertiary/aromatic N) is 4. The molecule has 0 spiro atoms. The molecule has 218 valence electrons. The van der Waals surface area contributed by atoms with E-state index in [-0.39, 0.29) is 0 Å². The summed E-state index contributed by atoms with van der Waals surface area (Å²) in [7, 11) is 0. The lowest BCUT2D eigenvalue weighted by Gasteiger charge is -2.13. The molecule has 0 unspecified atom stereocenters. The van der Waals surface area contributed by atoms with E-state index in [1.807, 2.05) is 127 Å². The standard InChI is InChI=1S/C39H26N6O/c40-36(30-13-7-8-14-33(30)42-29-19-21-41-22-20-29)27-15-17-34-31(23-27)32-24-28(16-18-35(32)46-34)39-44-37(25-9-3-1-4-10-25)43-38(45-39)26-11-5-2-6-12-26/h1-24,40H,(H,41,42). The monoisotopic (exact) mass is 594 g/mol. The van der Waals surface area contributed by atoms with Gasteiger partial charge in [-0.05, 0) is 54.6 Å². The Balaban J connectivity index is 1.21. The maximum Gasteiger partial charge on any atom is 0.164 e. The second-order valence-corrected chi connectivity index (χ2v) is 10.8. The first-order chi connectivity index (χ1) is 22.7. The topological polar surface area (TPSA) is 101 Å². The first-order valence-corrected chi connectivity index (χ1v) is 14.9. The van der Waals surface area contributed by atoms with Gasteiger partial charge in [0.05, 0.1) is 5.71 Å². The summed E-state index contributed by atoms with van der Waals surface area (Å²) < 4.78 is 6.23. The van der Waals surface area contributed by atoms with E-state index in [4.69, 9.17) is 19.4 Å². The Hall–Kier alpha value is -6.47. The molecule has 0 radical (unpaired) electrons. The first kappa shape index (κ1) is 27.1. The molecular weight excluding hydrogens is 568 g/mol. The van der Waals surface area contributed by atoms with Gasteiger partial charge < -0.3 is 9.73 Å². The predicted octanol–water partition coefficient (Wildman–Crippen LogP) is 9.33. The third kappa shape index (κ3) is 5.16. The third-order valence-corrected chi connectivity index (χ3v) is 7.87. The van der Waals surface area contributed by atoms with Gasteiger partial charge >= 0.3 is 0 Å². The minimum Gasteiger partial charge on any atom is -0.456 e. The number of rotatable bonds is 7. The van der Waals surface area contributed by atoms with E-state index in [0.717, 1.165) is 61.1 Å². The summed E-state index contributed by atoms with van der Waals surface area (Å²) in [6.45, 7) is 0. The van der Waals surface area contributed by atoms with Gasteiger partial charge in [0, 0.05) is 62.4 Å². The summed E-state index contributed by atoms with van der Waals surface area (Å²) in [5, 5.41) is 14.5. The molecule has 0 saturated heterocycles. The van der Waals surface area contributed by atoms with Crippen molar-refractivity contribution in [3.63, 3.8) is 0 Å². The number of pyridine rings is 1. The molecule has 0 aliphatic rings. The maximum absolute atomic E-state index is 9.19. The lowest BCUT2D eigenvalue weighted by Crippen LogP contribution is -2.05. The zero-order valence-corrected chi connectivity index (χ0v) is 24.6. The Morgan fingerprint density at radius 2 is 1.11 bits per heavy atom. The molecule has 7 heteroatoms. The Bertz CT molecular complexity index is 2290. The zero-order chi connectivity index (χ0) is 30.9. The fourth-order valence-electron chi connectivity index (χ4n) is 5.57. The molecular formula is C39H26N6O. The van der Waals surface area contributed by atoms with E-state index in [9.17, 15) is 5.41 Å². The van der Waals surface area contributed by atoms with Crippen molar-refractivity contribution < 1.29 is 4.42 Å². The minimum atomic E-state index is 0.405. The second kappa shape index (κ2) is 11.6. The van der Waals surface area contributed by atoms with Gasteiger partial charge in [0.15, 0.2) is 17.5 Å². The lowest BCUT2D eigenvalue weighted by molar-refractivity contribution is 0.669. The normalized spacial score (nSPS) is 11.1. The second-order valence-electron chi connectivity index (χ2n) is 10.8. The molecule has 8 aromatic rings. The van der Waals surface area contributed by atoms with Crippen molar-refractivity contribution >= 4 is 39.0 Å². The van der Waals surface area contributed by atoms with Crippen LogP contribution in [0.1, 0.15) is 11.1 Å². The van der Waals surface area contributed by atoms with Crippen LogP contribution >= 0.6 is 0 Å². The number of hydrogen-bond acceptors (Lipinski definition) is 7. The number of fused-ring (bicyclic) bond motifs is 3. The molecule has 3 aromatic heterocycles. The van der Waals surface area contributed by atoms with Crippen molar-refractivity contribution in [2.24, 2.45) is 0 Å². The van der Waals surface area contributed by atoms with Gasteiger partial charge in [-0.15, -0.1) is 0 Å². The highest BCUT2D eigenvalue weighted by Crippen LogP contribution is 2.34. The van der Waals surface area contributed by atoms with Crippen molar-refractivity contribution in [3.05, 3.63) is 157 Å². The van der Waals surface area contributed by atoms with Gasteiger partial charge in [-0.2, -0.15) is 0 Å². The van der Waals surface area contributed by atoms with Crippen LogP contribution < -0.4 is 5.32 Å². The van der Waals surface area contributed by atoms with E-state index in [2.05, 4.69) is 16.4 Å². The van der Waals surface area contributed by atoms with Crippen LogP contribution in [-0.2, 0) is 0 Å². The maximum atomic E-state index is 9.19. The molecule has 0 atom stereocenters. The molecule has 0 amide bonds. The molecule has 5 aromatic carbocycles. The molecule has 2 N–H and O–H groups in total. The molecule has 0 bridgehead atoms. The van der Waals surface area contributed by atoms with Crippen LogP contribution in [-0.4, -0.2) is 25.6 Å². The number of para-hydroxylation sites is 1. The quantitative estimate of drug-likeness (QED) is 0.178. The van der Waals surface area contributed by atoms with Crippen LogP contribution in [0.5, 0.6) is 0 Å². The van der Waals surface area contributed by atoms with Gasteiger partial charge in [0.1, 0.15) is 11.2 Å². The molecule has 7 nitrogen and oxygen atoms in total. The van der Waals surface area contributed by atoms with E-state index in [1.54, 1.807) is 12.4 Å². The van der Waals surface area contributed by atoms with Crippen LogP contribution in [0.25, 0.3) is 56.1 Å². The van der Waals surface area contributed by atoms with Gasteiger partial charge in [-0.3, -0.25) is 10.4 Å². The van der Waals surface area contributed by atoms with Crippen LogP contribution in [0, 0.1) is 5.41 Å². The van der Waals surface area contributed by atoms with Gasteiger partial charge in [-0.25, -0.2) is 15.0 Å². The van der Waals surface area contributed by atoms with Crippen molar-refractivity contribution in [1.82, 2.24) is 19.9 Å². The zero-order valence-electron chi connectivity index (χ0n) is 24.6. The number of furan rings is 1. The van der Waals surface area contributed by atoms with Crippen molar-refractivity contribution in [2.45, 2.75) is 0 Å². The lowest BCUT2D eigenvalue weighted by atomic mass is 9.98. The van der Waals surface area contributed by atoms with Gasteiger partial charge in [0.25, 0.3) is 0 Å². The SMILES string of the molecule is N=C(c1ccc2oc3ccc(-c4nc(-c5ccccc5)nc(-c5ccccc5)n4)cc3c2c1)c1ccccc1Nc1ccncc1. The van der Waals surface area contributed by atoms with Gasteiger partial charge in [0.2, 0.25) is 0 Å². The summed E-state index contributed by atoms with van der Waals surface area (Å²) >= 11 is 0. The minimum absolute atomic E-state index is 0.405. The van der Waals surface area contributed by atoms with Crippen LogP contribution in [0.4, 0.5) is 11.4 Å². The summed E-state index contributed by atoms with van der Waals surface area (Å²) in [6.07, 6.45) is 3.48. The first-order valence-electron chi connectivity index (χ1n) is 14.9. The number of hydrogen-bond donors (Lipinski definition) is 2.